The minimum Gasteiger partial charge on any atom is -0.326 e. The standard InChI is InChI=1S/C16H17N3O/c17-10-12-7-8-14(18-11-12)16(20)19-9-3-5-13-4-1-2-6-15(13)19/h1-2,4,6-8,11H,3,5,9-10,17H2. The van der Waals surface area contributed by atoms with Crippen LogP contribution < -0.4 is 10.6 Å². The molecule has 0 saturated carbocycles. The summed E-state index contributed by atoms with van der Waals surface area (Å²) in [6.07, 6.45) is 3.69. The SMILES string of the molecule is NCc1ccc(C(=O)N2CCCc3ccccc32)nc1. The lowest BCUT2D eigenvalue weighted by molar-refractivity contribution is 0.0980. The summed E-state index contributed by atoms with van der Waals surface area (Å²) in [4.78, 5) is 18.6. The number of fused-ring (bicyclic) bond motifs is 1. The normalized spacial score (nSPS) is 13.9. The van der Waals surface area contributed by atoms with Gasteiger partial charge in [0.1, 0.15) is 5.69 Å². The van der Waals surface area contributed by atoms with E-state index in [9.17, 15) is 4.79 Å². The van der Waals surface area contributed by atoms with Crippen LogP contribution in [0.4, 0.5) is 5.69 Å². The van der Waals surface area contributed by atoms with Gasteiger partial charge in [0.25, 0.3) is 5.91 Å². The quantitative estimate of drug-likeness (QED) is 0.906. The van der Waals surface area contributed by atoms with Crippen LogP contribution in [0.5, 0.6) is 0 Å². The zero-order valence-electron chi connectivity index (χ0n) is 11.2. The van der Waals surface area contributed by atoms with E-state index < -0.39 is 0 Å². The molecule has 2 N–H and O–H groups in total. The lowest BCUT2D eigenvalue weighted by Crippen LogP contribution is -2.35. The van der Waals surface area contributed by atoms with Crippen LogP contribution in [0.3, 0.4) is 0 Å². The third-order valence-corrected chi connectivity index (χ3v) is 3.63. The summed E-state index contributed by atoms with van der Waals surface area (Å²) < 4.78 is 0. The highest BCUT2D eigenvalue weighted by Gasteiger charge is 2.23. The maximum atomic E-state index is 12.6. The Labute approximate surface area is 118 Å². The second-order valence-electron chi connectivity index (χ2n) is 4.94. The van der Waals surface area contributed by atoms with Crippen molar-refractivity contribution < 1.29 is 4.79 Å². The molecule has 4 nitrogen and oxygen atoms in total. The van der Waals surface area contributed by atoms with Crippen molar-refractivity contribution in [1.29, 1.82) is 0 Å². The fourth-order valence-corrected chi connectivity index (χ4v) is 2.55. The van der Waals surface area contributed by atoms with Crippen LogP contribution in [0.2, 0.25) is 0 Å². The first-order valence-electron chi connectivity index (χ1n) is 6.84. The van der Waals surface area contributed by atoms with Gasteiger partial charge in [0.2, 0.25) is 0 Å². The van der Waals surface area contributed by atoms with Gasteiger partial charge in [-0.25, -0.2) is 0 Å². The molecule has 0 radical (unpaired) electrons. The minimum absolute atomic E-state index is 0.0410. The number of para-hydroxylation sites is 1. The molecule has 20 heavy (non-hydrogen) atoms. The van der Waals surface area contributed by atoms with Crippen molar-refractivity contribution >= 4 is 11.6 Å². The van der Waals surface area contributed by atoms with Gasteiger partial charge in [-0.05, 0) is 36.1 Å². The number of aryl methyl sites for hydroxylation is 1. The lowest BCUT2D eigenvalue weighted by atomic mass is 10.0. The van der Waals surface area contributed by atoms with Gasteiger partial charge >= 0.3 is 0 Å². The fourth-order valence-electron chi connectivity index (χ4n) is 2.55. The number of rotatable bonds is 2. The van der Waals surface area contributed by atoms with Crippen molar-refractivity contribution in [2.75, 3.05) is 11.4 Å². The van der Waals surface area contributed by atoms with Gasteiger partial charge in [-0.15, -0.1) is 0 Å². The smallest absolute Gasteiger partial charge is 0.276 e. The van der Waals surface area contributed by atoms with E-state index in [4.69, 9.17) is 5.73 Å². The molecule has 0 fully saturated rings. The Kier molecular flexibility index (Phi) is 3.48. The molecule has 0 saturated heterocycles. The van der Waals surface area contributed by atoms with Crippen LogP contribution in [0.25, 0.3) is 0 Å². The Hall–Kier alpha value is -2.20. The summed E-state index contributed by atoms with van der Waals surface area (Å²) in [5.41, 5.74) is 9.18. The molecule has 2 heterocycles. The second kappa shape index (κ2) is 5.43. The third kappa shape index (κ3) is 2.30. The first-order valence-corrected chi connectivity index (χ1v) is 6.84. The number of carbonyl (C=O) groups is 1. The van der Waals surface area contributed by atoms with Crippen molar-refractivity contribution in [3.63, 3.8) is 0 Å². The van der Waals surface area contributed by atoms with E-state index in [1.807, 2.05) is 29.2 Å². The minimum atomic E-state index is -0.0410. The van der Waals surface area contributed by atoms with Gasteiger partial charge in [-0.2, -0.15) is 0 Å². The lowest BCUT2D eigenvalue weighted by Gasteiger charge is -2.29. The van der Waals surface area contributed by atoms with Gasteiger partial charge in [0.15, 0.2) is 0 Å². The maximum absolute atomic E-state index is 12.6. The molecule has 1 aromatic heterocycles. The van der Waals surface area contributed by atoms with E-state index >= 15 is 0 Å². The van der Waals surface area contributed by atoms with Gasteiger partial charge in [-0.1, -0.05) is 24.3 Å². The number of nitrogens with two attached hydrogens (primary N) is 1. The van der Waals surface area contributed by atoms with Crippen LogP contribution in [0, 0.1) is 0 Å². The first-order chi connectivity index (χ1) is 9.79. The van der Waals surface area contributed by atoms with Crippen molar-refractivity contribution in [3.05, 3.63) is 59.4 Å². The Bertz CT molecular complexity index is 622. The summed E-state index contributed by atoms with van der Waals surface area (Å²) in [7, 11) is 0. The summed E-state index contributed by atoms with van der Waals surface area (Å²) in [5.74, 6) is -0.0410. The van der Waals surface area contributed by atoms with Crippen LogP contribution >= 0.6 is 0 Å². The van der Waals surface area contributed by atoms with Crippen molar-refractivity contribution in [2.45, 2.75) is 19.4 Å². The predicted octanol–water partition coefficient (Wildman–Crippen LogP) is 2.13. The van der Waals surface area contributed by atoms with Crippen LogP contribution in [0.15, 0.2) is 42.6 Å². The molecule has 0 unspecified atom stereocenters. The van der Waals surface area contributed by atoms with E-state index in [2.05, 4.69) is 11.1 Å². The summed E-state index contributed by atoms with van der Waals surface area (Å²) >= 11 is 0. The van der Waals surface area contributed by atoms with Gasteiger partial charge in [-0.3, -0.25) is 9.78 Å². The monoisotopic (exact) mass is 267 g/mol. The molecule has 0 aliphatic carbocycles. The molecule has 0 spiro atoms. The number of amides is 1. The highest BCUT2D eigenvalue weighted by molar-refractivity contribution is 6.05. The number of carbonyl (C=O) groups excluding carboxylic acids is 1. The van der Waals surface area contributed by atoms with Gasteiger partial charge < -0.3 is 10.6 Å². The average Bonchev–Trinajstić information content (AvgIpc) is 2.54. The topological polar surface area (TPSA) is 59.2 Å². The number of aromatic nitrogens is 1. The molecule has 4 heteroatoms. The van der Waals surface area contributed by atoms with Gasteiger partial charge in [0, 0.05) is 25.0 Å². The van der Waals surface area contributed by atoms with Gasteiger partial charge in [0.05, 0.1) is 0 Å². The largest absolute Gasteiger partial charge is 0.326 e. The predicted molar refractivity (Wildman–Crippen MR) is 78.6 cm³/mol. The molecule has 1 aromatic carbocycles. The van der Waals surface area contributed by atoms with Crippen molar-refractivity contribution in [3.8, 4) is 0 Å². The van der Waals surface area contributed by atoms with E-state index in [0.29, 0.717) is 12.2 Å². The van der Waals surface area contributed by atoms with Crippen LogP contribution in [-0.4, -0.2) is 17.4 Å². The Balaban J connectivity index is 1.91. The van der Waals surface area contributed by atoms with E-state index in [0.717, 1.165) is 30.6 Å². The molecule has 3 rings (SSSR count). The Morgan fingerprint density at radius 2 is 2.10 bits per heavy atom. The number of anilines is 1. The maximum Gasteiger partial charge on any atom is 0.276 e. The van der Waals surface area contributed by atoms with Crippen LogP contribution in [-0.2, 0) is 13.0 Å². The number of nitrogens with zero attached hydrogens (tertiary/aromatic N) is 2. The molecule has 0 bridgehead atoms. The Morgan fingerprint density at radius 3 is 2.85 bits per heavy atom. The zero-order chi connectivity index (χ0) is 13.9. The number of hydrogen-bond donors (Lipinski definition) is 1. The number of hydrogen-bond acceptors (Lipinski definition) is 3. The number of benzene rings is 1. The van der Waals surface area contributed by atoms with E-state index in [1.165, 1.54) is 5.56 Å². The first kappa shape index (κ1) is 12.8. The van der Waals surface area contributed by atoms with Crippen LogP contribution in [0.1, 0.15) is 28.0 Å². The molecule has 102 valence electrons. The molecule has 0 atom stereocenters. The van der Waals surface area contributed by atoms with Crippen molar-refractivity contribution in [1.82, 2.24) is 4.98 Å². The molecule has 2 aromatic rings. The molecule has 1 aliphatic heterocycles. The molecule has 1 amide bonds. The highest BCUT2D eigenvalue weighted by atomic mass is 16.2. The summed E-state index contributed by atoms with van der Waals surface area (Å²) in [6, 6.07) is 11.7. The highest BCUT2D eigenvalue weighted by Crippen LogP contribution is 2.27. The third-order valence-electron chi connectivity index (χ3n) is 3.63. The average molecular weight is 267 g/mol. The summed E-state index contributed by atoms with van der Waals surface area (Å²) in [5, 5.41) is 0. The fraction of sp³-hybridized carbons (Fsp3) is 0.250. The zero-order valence-corrected chi connectivity index (χ0v) is 11.2. The molecule has 1 aliphatic rings. The van der Waals surface area contributed by atoms with Crippen molar-refractivity contribution in [2.24, 2.45) is 5.73 Å². The second-order valence-corrected chi connectivity index (χ2v) is 4.94. The number of pyridine rings is 1. The summed E-state index contributed by atoms with van der Waals surface area (Å²) in [6.45, 7) is 1.18. The van der Waals surface area contributed by atoms with E-state index in [1.54, 1.807) is 12.3 Å². The van der Waals surface area contributed by atoms with E-state index in [-0.39, 0.29) is 5.91 Å². The Morgan fingerprint density at radius 1 is 1.25 bits per heavy atom. The molecular weight excluding hydrogens is 250 g/mol. The molecular formula is C16H17N3O.